The lowest BCUT2D eigenvalue weighted by molar-refractivity contribution is -0.142. The highest BCUT2D eigenvalue weighted by Crippen LogP contribution is 2.42. The van der Waals surface area contributed by atoms with Crippen molar-refractivity contribution in [3.8, 4) is 33.8 Å². The molecule has 4 nitrogen and oxygen atoms in total. The number of ether oxygens (including phenoxy) is 1. The monoisotopic (exact) mass is 463 g/mol. The molecule has 2 heterocycles. The third-order valence-electron chi connectivity index (χ3n) is 5.02. The van der Waals surface area contributed by atoms with Gasteiger partial charge >= 0.3 is 12.4 Å². The van der Waals surface area contributed by atoms with Gasteiger partial charge in [-0.2, -0.15) is 26.3 Å². The smallest absolute Gasteiger partial charge is 0.417 e. The first kappa shape index (κ1) is 22.4. The van der Waals surface area contributed by atoms with Crippen molar-refractivity contribution in [3.05, 3.63) is 84.6 Å². The van der Waals surface area contributed by atoms with Gasteiger partial charge in [0, 0.05) is 22.9 Å². The zero-order valence-corrected chi connectivity index (χ0v) is 16.9. The number of nitrogens with zero attached hydrogens (tertiary/aromatic N) is 3. The highest BCUT2D eigenvalue weighted by Gasteiger charge is 2.39. The van der Waals surface area contributed by atoms with Crippen molar-refractivity contribution in [2.45, 2.75) is 12.4 Å². The van der Waals surface area contributed by atoms with Crippen LogP contribution in [0.2, 0.25) is 0 Å². The zero-order chi connectivity index (χ0) is 23.8. The van der Waals surface area contributed by atoms with Crippen molar-refractivity contribution >= 4 is 0 Å². The van der Waals surface area contributed by atoms with Crippen LogP contribution in [0.3, 0.4) is 0 Å². The van der Waals surface area contributed by atoms with E-state index >= 15 is 0 Å². The summed E-state index contributed by atoms with van der Waals surface area (Å²) < 4.78 is 87.3. The fourth-order valence-corrected chi connectivity index (χ4v) is 3.54. The molecular weight excluding hydrogens is 448 g/mol. The quantitative estimate of drug-likeness (QED) is 0.318. The molecule has 0 spiro atoms. The summed E-state index contributed by atoms with van der Waals surface area (Å²) in [5.41, 5.74) is -1.67. The number of rotatable bonds is 4. The van der Waals surface area contributed by atoms with E-state index in [9.17, 15) is 26.3 Å². The van der Waals surface area contributed by atoms with Crippen LogP contribution in [0.25, 0.3) is 28.1 Å². The summed E-state index contributed by atoms with van der Waals surface area (Å²) in [7, 11) is 1.49. The summed E-state index contributed by atoms with van der Waals surface area (Å²) in [6, 6.07) is 10.2. The second kappa shape index (κ2) is 8.27. The predicted octanol–water partition coefficient (Wildman–Crippen LogP) is 6.65. The second-order valence-corrected chi connectivity index (χ2v) is 7.00. The van der Waals surface area contributed by atoms with E-state index in [1.165, 1.54) is 30.4 Å². The van der Waals surface area contributed by atoms with Crippen LogP contribution in [-0.4, -0.2) is 21.6 Å². The molecule has 4 aromatic rings. The molecule has 170 valence electrons. The minimum Gasteiger partial charge on any atom is -0.496 e. The Kier molecular flexibility index (Phi) is 5.61. The van der Waals surface area contributed by atoms with Gasteiger partial charge in [0.15, 0.2) is 0 Å². The fraction of sp³-hybridized carbons (Fsp3) is 0.130. The number of para-hydroxylation sites is 1. The molecule has 2 aromatic carbocycles. The summed E-state index contributed by atoms with van der Waals surface area (Å²) in [5, 5.41) is 0. The highest BCUT2D eigenvalue weighted by molar-refractivity contribution is 5.79. The van der Waals surface area contributed by atoms with Gasteiger partial charge in [0.2, 0.25) is 0 Å². The van der Waals surface area contributed by atoms with Crippen molar-refractivity contribution in [1.82, 2.24) is 14.5 Å². The maximum absolute atomic E-state index is 13.8. The van der Waals surface area contributed by atoms with E-state index in [1.807, 2.05) is 0 Å². The number of aromatic nitrogens is 3. The van der Waals surface area contributed by atoms with Gasteiger partial charge in [0.25, 0.3) is 0 Å². The standard InChI is InChI=1S/C23H15F6N3O/c1-33-21-5-3-2-4-16(21)15-8-9-30-11-19(15)32-13-31-12-20(32)17-7-6-14(22(24,25)26)10-18(17)23(27,28)29/h2-13H,1H3. The molecule has 33 heavy (non-hydrogen) atoms. The molecular formula is C23H15F6N3O. The molecule has 0 amide bonds. The predicted molar refractivity (Wildman–Crippen MR) is 109 cm³/mol. The number of benzene rings is 2. The Morgan fingerprint density at radius 2 is 1.55 bits per heavy atom. The molecule has 0 fully saturated rings. The van der Waals surface area contributed by atoms with Crippen molar-refractivity contribution in [2.24, 2.45) is 0 Å². The Morgan fingerprint density at radius 3 is 2.24 bits per heavy atom. The molecule has 0 saturated heterocycles. The first-order valence-corrected chi connectivity index (χ1v) is 9.50. The molecule has 0 unspecified atom stereocenters. The Bertz CT molecular complexity index is 1290. The number of halogens is 6. The van der Waals surface area contributed by atoms with E-state index in [0.29, 0.717) is 28.6 Å². The van der Waals surface area contributed by atoms with Crippen molar-refractivity contribution < 1.29 is 31.1 Å². The Labute approximate surface area is 184 Å². The Morgan fingerprint density at radius 1 is 0.788 bits per heavy atom. The van der Waals surface area contributed by atoms with Gasteiger partial charge in [-0.15, -0.1) is 0 Å². The zero-order valence-electron chi connectivity index (χ0n) is 16.9. The number of hydrogen-bond acceptors (Lipinski definition) is 3. The first-order valence-electron chi connectivity index (χ1n) is 9.50. The van der Waals surface area contributed by atoms with E-state index in [-0.39, 0.29) is 11.8 Å². The maximum Gasteiger partial charge on any atom is 0.417 e. The van der Waals surface area contributed by atoms with Crippen LogP contribution in [0.5, 0.6) is 5.75 Å². The van der Waals surface area contributed by atoms with Gasteiger partial charge in [-0.05, 0) is 24.3 Å². The van der Waals surface area contributed by atoms with Crippen LogP contribution in [0.4, 0.5) is 26.3 Å². The highest BCUT2D eigenvalue weighted by atomic mass is 19.4. The molecule has 10 heteroatoms. The van der Waals surface area contributed by atoms with Crippen LogP contribution < -0.4 is 4.74 Å². The van der Waals surface area contributed by atoms with E-state index in [1.54, 1.807) is 30.3 Å². The number of pyridine rings is 1. The fourth-order valence-electron chi connectivity index (χ4n) is 3.54. The molecule has 0 atom stereocenters. The van der Waals surface area contributed by atoms with E-state index < -0.39 is 29.0 Å². The lowest BCUT2D eigenvalue weighted by atomic mass is 10.00. The largest absolute Gasteiger partial charge is 0.496 e. The lowest BCUT2D eigenvalue weighted by Crippen LogP contribution is -2.13. The average molecular weight is 463 g/mol. The first-order chi connectivity index (χ1) is 15.6. The Balaban J connectivity index is 1.94. The summed E-state index contributed by atoms with van der Waals surface area (Å²) in [5.74, 6) is 0.525. The van der Waals surface area contributed by atoms with Gasteiger partial charge < -0.3 is 4.74 Å². The van der Waals surface area contributed by atoms with Gasteiger partial charge in [0.05, 0.1) is 48.3 Å². The molecule has 0 aliphatic carbocycles. The van der Waals surface area contributed by atoms with Gasteiger partial charge in [-0.25, -0.2) is 4.98 Å². The minimum absolute atomic E-state index is 0.0415. The SMILES string of the molecule is COc1ccccc1-c1ccncc1-n1cncc1-c1ccc(C(F)(F)F)cc1C(F)(F)F. The molecule has 4 rings (SSSR count). The third-order valence-corrected chi connectivity index (χ3v) is 5.02. The van der Waals surface area contributed by atoms with Crippen LogP contribution in [-0.2, 0) is 12.4 Å². The van der Waals surface area contributed by atoms with Gasteiger partial charge in [-0.3, -0.25) is 9.55 Å². The van der Waals surface area contributed by atoms with Crippen molar-refractivity contribution in [3.63, 3.8) is 0 Å². The minimum atomic E-state index is -5.02. The third kappa shape index (κ3) is 4.28. The molecule has 0 aliphatic heterocycles. The van der Waals surface area contributed by atoms with Gasteiger partial charge in [-0.1, -0.05) is 24.3 Å². The van der Waals surface area contributed by atoms with E-state index in [4.69, 9.17) is 4.74 Å². The summed E-state index contributed by atoms with van der Waals surface area (Å²) in [4.78, 5) is 8.04. The molecule has 0 N–H and O–H groups in total. The molecule has 0 bridgehead atoms. The van der Waals surface area contributed by atoms with Gasteiger partial charge in [0.1, 0.15) is 5.75 Å². The average Bonchev–Trinajstić information content (AvgIpc) is 3.27. The molecule has 2 aromatic heterocycles. The van der Waals surface area contributed by atoms with Crippen LogP contribution in [0.1, 0.15) is 11.1 Å². The van der Waals surface area contributed by atoms with E-state index in [0.717, 1.165) is 12.3 Å². The van der Waals surface area contributed by atoms with Crippen LogP contribution in [0, 0.1) is 0 Å². The maximum atomic E-state index is 13.8. The number of hydrogen-bond donors (Lipinski definition) is 0. The summed E-state index contributed by atoms with van der Waals surface area (Å²) in [6.07, 6.45) is -4.55. The summed E-state index contributed by atoms with van der Waals surface area (Å²) >= 11 is 0. The van der Waals surface area contributed by atoms with Crippen molar-refractivity contribution in [1.29, 1.82) is 0 Å². The number of imidazole rings is 1. The molecule has 0 aliphatic rings. The summed E-state index contributed by atoms with van der Waals surface area (Å²) in [6.45, 7) is 0. The van der Waals surface area contributed by atoms with E-state index in [2.05, 4.69) is 9.97 Å². The number of methoxy groups -OCH3 is 1. The molecule has 0 saturated carbocycles. The topological polar surface area (TPSA) is 39.9 Å². The molecule has 0 radical (unpaired) electrons. The van der Waals surface area contributed by atoms with Crippen LogP contribution >= 0.6 is 0 Å². The normalized spacial score (nSPS) is 12.1. The lowest BCUT2D eigenvalue weighted by Gasteiger charge is -2.18. The second-order valence-electron chi connectivity index (χ2n) is 7.00. The number of alkyl halides is 6. The van der Waals surface area contributed by atoms with Crippen LogP contribution in [0.15, 0.2) is 73.4 Å². The van der Waals surface area contributed by atoms with Crippen molar-refractivity contribution in [2.75, 3.05) is 7.11 Å². The Hall–Kier alpha value is -3.82.